The van der Waals surface area contributed by atoms with Gasteiger partial charge in [0.05, 0.1) is 50.5 Å². The molecular formula is C35H41ClN2O5. The number of methoxy groups -OCH3 is 1. The molecular weight excluding hydrogens is 564 g/mol. The second kappa shape index (κ2) is 12.1. The molecule has 6 rings (SSSR count). The second-order valence-electron chi connectivity index (χ2n) is 12.5. The number of carbonyl (C=O) groups excluding carboxylic acids is 1. The first-order chi connectivity index (χ1) is 20.7. The Morgan fingerprint density at radius 3 is 2.26 bits per heavy atom. The summed E-state index contributed by atoms with van der Waals surface area (Å²) in [4.78, 5) is 18.2. The zero-order valence-electron chi connectivity index (χ0n) is 25.4. The Hall–Kier alpha value is -3.10. The molecule has 1 amide bonds. The Bertz CT molecular complexity index is 1440. The number of halogens is 1. The van der Waals surface area contributed by atoms with Crippen LogP contribution in [0.4, 0.5) is 5.69 Å². The molecule has 1 N–H and O–H groups in total. The molecule has 0 spiro atoms. The normalized spacial score (nSPS) is 21.3. The van der Waals surface area contributed by atoms with E-state index in [2.05, 4.69) is 4.90 Å². The van der Waals surface area contributed by atoms with Gasteiger partial charge in [-0.25, -0.2) is 0 Å². The minimum atomic E-state index is -0.964. The standard InChI is InChI=1S/C35H41ClN2O5/c1-22(2)43-32-19-30-24(17-31(32)41-4)18-33(39)38(34(30)23-5-9-27(36)10-6-23)28-11-7-25(8-12-28)35(3,40)26-13-15-37(16-14-26)29-20-42-21-29/h5-12,17,19,22,26,29,34,40H,13-16,18,20-21H2,1-4H3/t34?,35-/m1/s1. The summed E-state index contributed by atoms with van der Waals surface area (Å²) in [6, 6.07) is 19.6. The van der Waals surface area contributed by atoms with E-state index in [9.17, 15) is 9.90 Å². The molecule has 2 atom stereocenters. The number of carbonyl (C=O) groups is 1. The maximum atomic E-state index is 13.9. The number of ether oxygens (including phenoxy) is 3. The highest BCUT2D eigenvalue weighted by Gasteiger charge is 2.40. The third-order valence-electron chi connectivity index (χ3n) is 9.33. The van der Waals surface area contributed by atoms with Crippen LogP contribution in [-0.4, -0.2) is 61.5 Å². The number of aliphatic hydroxyl groups is 1. The van der Waals surface area contributed by atoms with Gasteiger partial charge in [0.25, 0.3) is 0 Å². The molecule has 8 heteroatoms. The number of nitrogens with zero attached hydrogens (tertiary/aromatic N) is 2. The van der Waals surface area contributed by atoms with E-state index in [-0.39, 0.29) is 30.4 Å². The summed E-state index contributed by atoms with van der Waals surface area (Å²) in [5.41, 5.74) is 3.52. The molecule has 43 heavy (non-hydrogen) atoms. The summed E-state index contributed by atoms with van der Waals surface area (Å²) >= 11 is 6.26. The molecule has 3 aromatic carbocycles. The van der Waals surface area contributed by atoms with Crippen LogP contribution in [0.25, 0.3) is 0 Å². The third kappa shape index (κ3) is 5.88. The van der Waals surface area contributed by atoms with Crippen LogP contribution < -0.4 is 14.4 Å². The highest BCUT2D eigenvalue weighted by Crippen LogP contribution is 2.44. The molecule has 1 unspecified atom stereocenters. The predicted molar refractivity (Wildman–Crippen MR) is 168 cm³/mol. The lowest BCUT2D eigenvalue weighted by Gasteiger charge is -2.44. The van der Waals surface area contributed by atoms with E-state index in [1.165, 1.54) is 0 Å². The number of hydrogen-bond donors (Lipinski definition) is 1. The summed E-state index contributed by atoms with van der Waals surface area (Å²) in [5.74, 6) is 1.41. The molecule has 0 aromatic heterocycles. The lowest BCUT2D eigenvalue weighted by Crippen LogP contribution is -2.53. The van der Waals surface area contributed by atoms with Gasteiger partial charge in [0, 0.05) is 10.7 Å². The van der Waals surface area contributed by atoms with Gasteiger partial charge in [-0.1, -0.05) is 35.9 Å². The van der Waals surface area contributed by atoms with Gasteiger partial charge in [0.15, 0.2) is 11.5 Å². The molecule has 0 aliphatic carbocycles. The van der Waals surface area contributed by atoms with E-state index in [1.54, 1.807) is 7.11 Å². The van der Waals surface area contributed by atoms with Crippen LogP contribution in [0.3, 0.4) is 0 Å². The fraction of sp³-hybridized carbons (Fsp3) is 0.457. The number of likely N-dealkylation sites (tertiary alicyclic amines) is 1. The monoisotopic (exact) mass is 604 g/mol. The summed E-state index contributed by atoms with van der Waals surface area (Å²) < 4.78 is 17.1. The molecule has 2 fully saturated rings. The number of anilines is 1. The smallest absolute Gasteiger partial charge is 0.232 e. The highest BCUT2D eigenvalue weighted by molar-refractivity contribution is 6.30. The SMILES string of the molecule is COc1cc2c(cc1OC(C)C)C(c1ccc(Cl)cc1)N(c1ccc([C@@](C)(O)C3CCN(C4COC4)CC3)cc1)C(=O)C2. The lowest BCUT2D eigenvalue weighted by atomic mass is 9.77. The Morgan fingerprint density at radius 1 is 1.00 bits per heavy atom. The zero-order chi connectivity index (χ0) is 30.3. The van der Waals surface area contributed by atoms with Gasteiger partial charge in [-0.05, 0) is 111 Å². The average Bonchev–Trinajstić information content (AvgIpc) is 2.96. The van der Waals surface area contributed by atoms with Crippen molar-refractivity contribution in [2.24, 2.45) is 5.92 Å². The first kappa shape index (κ1) is 29.9. The quantitative estimate of drug-likeness (QED) is 0.333. The van der Waals surface area contributed by atoms with E-state index >= 15 is 0 Å². The van der Waals surface area contributed by atoms with E-state index in [4.69, 9.17) is 25.8 Å². The van der Waals surface area contributed by atoms with E-state index in [1.807, 2.05) is 86.3 Å². The lowest BCUT2D eigenvalue weighted by molar-refractivity contribution is -0.118. The van der Waals surface area contributed by atoms with Crippen molar-refractivity contribution in [1.29, 1.82) is 0 Å². The van der Waals surface area contributed by atoms with Crippen LogP contribution in [0, 0.1) is 5.92 Å². The van der Waals surface area contributed by atoms with Crippen molar-refractivity contribution < 1.29 is 24.1 Å². The van der Waals surface area contributed by atoms with Crippen molar-refractivity contribution in [3.8, 4) is 11.5 Å². The maximum Gasteiger partial charge on any atom is 0.232 e. The topological polar surface area (TPSA) is 71.5 Å². The second-order valence-corrected chi connectivity index (χ2v) is 12.9. The summed E-state index contributed by atoms with van der Waals surface area (Å²) in [7, 11) is 1.62. The number of fused-ring (bicyclic) bond motifs is 1. The van der Waals surface area contributed by atoms with Crippen LogP contribution in [0.2, 0.25) is 5.02 Å². The van der Waals surface area contributed by atoms with Crippen molar-refractivity contribution in [3.05, 3.63) is 87.9 Å². The van der Waals surface area contributed by atoms with Crippen LogP contribution in [0.1, 0.15) is 61.9 Å². The molecule has 3 aliphatic heterocycles. The van der Waals surface area contributed by atoms with E-state index in [0.717, 1.165) is 67.1 Å². The van der Waals surface area contributed by atoms with Crippen molar-refractivity contribution in [2.75, 3.05) is 38.3 Å². The molecule has 3 aliphatic rings. The molecule has 0 saturated carbocycles. The fourth-order valence-corrected chi connectivity index (χ4v) is 6.91. The van der Waals surface area contributed by atoms with Crippen LogP contribution in [0.5, 0.6) is 11.5 Å². The van der Waals surface area contributed by atoms with Crippen LogP contribution in [-0.2, 0) is 21.6 Å². The zero-order valence-corrected chi connectivity index (χ0v) is 26.1. The van der Waals surface area contributed by atoms with Crippen molar-refractivity contribution in [2.45, 2.75) is 63.8 Å². The minimum absolute atomic E-state index is 0.0149. The Morgan fingerprint density at radius 2 is 1.67 bits per heavy atom. The number of amides is 1. The molecule has 0 bridgehead atoms. The highest BCUT2D eigenvalue weighted by atomic mass is 35.5. The summed E-state index contributed by atoms with van der Waals surface area (Å²) in [6.07, 6.45) is 2.08. The van der Waals surface area contributed by atoms with Gasteiger partial charge in [-0.2, -0.15) is 0 Å². The summed E-state index contributed by atoms with van der Waals surface area (Å²) in [5, 5.41) is 12.4. The number of rotatable bonds is 8. The molecule has 2 saturated heterocycles. The van der Waals surface area contributed by atoms with E-state index in [0.29, 0.717) is 22.6 Å². The summed E-state index contributed by atoms with van der Waals surface area (Å²) in [6.45, 7) is 9.48. The van der Waals surface area contributed by atoms with Crippen molar-refractivity contribution in [1.82, 2.24) is 4.90 Å². The first-order valence-electron chi connectivity index (χ1n) is 15.3. The Balaban J connectivity index is 1.32. The maximum absolute atomic E-state index is 13.9. The molecule has 3 heterocycles. The first-order valence-corrected chi connectivity index (χ1v) is 15.6. The van der Waals surface area contributed by atoms with Crippen LogP contribution in [0.15, 0.2) is 60.7 Å². The number of piperidine rings is 1. The fourth-order valence-electron chi connectivity index (χ4n) is 6.78. The largest absolute Gasteiger partial charge is 0.493 e. The average molecular weight is 605 g/mol. The van der Waals surface area contributed by atoms with Gasteiger partial charge in [0.1, 0.15) is 0 Å². The Labute approximate surface area is 259 Å². The molecule has 0 radical (unpaired) electrons. The van der Waals surface area contributed by atoms with Gasteiger partial charge in [0.2, 0.25) is 5.91 Å². The van der Waals surface area contributed by atoms with E-state index < -0.39 is 5.60 Å². The van der Waals surface area contributed by atoms with Gasteiger partial charge >= 0.3 is 0 Å². The van der Waals surface area contributed by atoms with Crippen molar-refractivity contribution >= 4 is 23.2 Å². The Kier molecular flexibility index (Phi) is 8.44. The van der Waals surface area contributed by atoms with Crippen LogP contribution >= 0.6 is 11.6 Å². The van der Waals surface area contributed by atoms with Gasteiger partial charge in [-0.15, -0.1) is 0 Å². The molecule has 3 aromatic rings. The number of benzene rings is 3. The van der Waals surface area contributed by atoms with Gasteiger partial charge < -0.3 is 24.2 Å². The van der Waals surface area contributed by atoms with Gasteiger partial charge in [-0.3, -0.25) is 9.69 Å². The minimum Gasteiger partial charge on any atom is -0.493 e. The van der Waals surface area contributed by atoms with Crippen molar-refractivity contribution in [3.63, 3.8) is 0 Å². The third-order valence-corrected chi connectivity index (χ3v) is 9.58. The predicted octanol–water partition coefficient (Wildman–Crippen LogP) is 6.13. The molecule has 228 valence electrons. The number of hydrogen-bond acceptors (Lipinski definition) is 6. The molecule has 7 nitrogen and oxygen atoms in total.